The van der Waals surface area contributed by atoms with Gasteiger partial charge in [-0.1, -0.05) is 94.7 Å². The van der Waals surface area contributed by atoms with E-state index in [1.54, 1.807) is 35.8 Å². The quantitative estimate of drug-likeness (QED) is 0.116. The molecule has 1 aliphatic rings. The van der Waals surface area contributed by atoms with Crippen LogP contribution in [0.25, 0.3) is 11.8 Å². The van der Waals surface area contributed by atoms with E-state index in [0.717, 1.165) is 23.8 Å². The molecule has 12 heteroatoms. The number of halogens is 5. The van der Waals surface area contributed by atoms with Crippen LogP contribution in [-0.2, 0) is 16.1 Å². The first-order chi connectivity index (χ1) is 22.6. The van der Waals surface area contributed by atoms with Gasteiger partial charge in [0.2, 0.25) is 0 Å². The van der Waals surface area contributed by atoms with Crippen LogP contribution >= 0.6 is 91.3 Å². The zero-order valence-electron chi connectivity index (χ0n) is 24.5. The molecule has 1 aliphatic heterocycles. The van der Waals surface area contributed by atoms with Crippen molar-refractivity contribution in [1.82, 2.24) is 4.57 Å². The van der Waals surface area contributed by atoms with E-state index >= 15 is 0 Å². The number of rotatable bonds is 8. The van der Waals surface area contributed by atoms with E-state index in [-0.39, 0.29) is 24.3 Å². The van der Waals surface area contributed by atoms with Crippen molar-refractivity contribution >= 4 is 109 Å². The molecule has 6 nitrogen and oxygen atoms in total. The molecule has 0 amide bonds. The molecule has 47 heavy (non-hydrogen) atoms. The molecule has 0 fully saturated rings. The SMILES string of the molecule is CCOC(=O)C1=C(c2ccccc2)N=c2s/c(=C\c3cc(I)cc(I)c3OCc3ccc(Cl)c(Cl)c3)c(=O)n2[C@@H]1c1ccc(Cl)cc1. The molecule has 1 atom stereocenters. The van der Waals surface area contributed by atoms with Gasteiger partial charge >= 0.3 is 5.97 Å². The van der Waals surface area contributed by atoms with Crippen LogP contribution in [0.4, 0.5) is 0 Å². The second-order valence-corrected chi connectivity index (χ2v) is 15.0. The van der Waals surface area contributed by atoms with Crippen molar-refractivity contribution in [2.75, 3.05) is 6.61 Å². The van der Waals surface area contributed by atoms with Gasteiger partial charge in [0.05, 0.1) is 42.1 Å². The third-order valence-electron chi connectivity index (χ3n) is 7.25. The van der Waals surface area contributed by atoms with Gasteiger partial charge < -0.3 is 9.47 Å². The molecular weight excluding hydrogens is 905 g/mol. The van der Waals surface area contributed by atoms with Crippen LogP contribution < -0.4 is 19.6 Å². The molecule has 5 aromatic rings. The second kappa shape index (κ2) is 14.8. The lowest BCUT2D eigenvalue weighted by Crippen LogP contribution is -2.40. The number of carbonyl (C=O) groups is 1. The lowest BCUT2D eigenvalue weighted by atomic mass is 9.93. The highest BCUT2D eigenvalue weighted by atomic mass is 127. The molecule has 4 aromatic carbocycles. The standard InChI is InChI=1S/C35H23Cl3I2N2O4S/c1-2-45-34(44)29-30(20-6-4-3-5-7-20)41-35-42(31(29)21-9-11-23(36)12-10-21)33(43)28(47-35)16-22-15-24(39)17-27(40)32(22)46-18-19-8-13-25(37)26(38)14-19/h3-17,31H,2,18H2,1H3/b28-16-/t31-/m1/s1. The second-order valence-electron chi connectivity index (χ2n) is 10.3. The molecular formula is C35H23Cl3I2N2O4S. The third kappa shape index (κ3) is 7.35. The maximum absolute atomic E-state index is 14.4. The van der Waals surface area contributed by atoms with Crippen molar-refractivity contribution < 1.29 is 14.3 Å². The van der Waals surface area contributed by atoms with Crippen molar-refractivity contribution in [3.8, 4) is 5.75 Å². The summed E-state index contributed by atoms with van der Waals surface area (Å²) in [4.78, 5) is 33.4. The Morgan fingerprint density at radius 3 is 2.43 bits per heavy atom. The predicted molar refractivity (Wildman–Crippen MR) is 205 cm³/mol. The lowest BCUT2D eigenvalue weighted by molar-refractivity contribution is -0.138. The Morgan fingerprint density at radius 1 is 0.979 bits per heavy atom. The van der Waals surface area contributed by atoms with Crippen molar-refractivity contribution in [2.45, 2.75) is 19.6 Å². The van der Waals surface area contributed by atoms with Crippen LogP contribution in [0.2, 0.25) is 15.1 Å². The number of nitrogens with zero attached hydrogens (tertiary/aromatic N) is 2. The van der Waals surface area contributed by atoms with Crippen molar-refractivity contribution in [3.63, 3.8) is 0 Å². The molecule has 238 valence electrons. The molecule has 6 rings (SSSR count). The zero-order chi connectivity index (χ0) is 33.2. The summed E-state index contributed by atoms with van der Waals surface area (Å²) in [6, 6.07) is 25.0. The minimum absolute atomic E-state index is 0.165. The van der Waals surface area contributed by atoms with Crippen molar-refractivity contribution in [2.24, 2.45) is 4.99 Å². The molecule has 0 bridgehead atoms. The molecule has 1 aromatic heterocycles. The summed E-state index contributed by atoms with van der Waals surface area (Å²) in [5, 5.41) is 1.44. The Morgan fingerprint density at radius 2 is 1.72 bits per heavy atom. The van der Waals surface area contributed by atoms with Gasteiger partial charge in [0.15, 0.2) is 4.80 Å². The van der Waals surface area contributed by atoms with Crippen molar-refractivity contribution in [3.05, 3.63) is 155 Å². The topological polar surface area (TPSA) is 69.9 Å². The lowest BCUT2D eigenvalue weighted by Gasteiger charge is -2.26. The third-order valence-corrected chi connectivity index (χ3v) is 10.6. The highest BCUT2D eigenvalue weighted by Gasteiger charge is 2.35. The predicted octanol–water partition coefficient (Wildman–Crippen LogP) is 8.68. The summed E-state index contributed by atoms with van der Waals surface area (Å²) in [5.41, 5.74) is 3.43. The van der Waals surface area contributed by atoms with Gasteiger partial charge in [-0.05, 0) is 106 Å². The molecule has 0 radical (unpaired) electrons. The number of esters is 1. The summed E-state index contributed by atoms with van der Waals surface area (Å²) in [7, 11) is 0. The molecule has 2 heterocycles. The number of fused-ring (bicyclic) bond motifs is 1. The smallest absolute Gasteiger partial charge is 0.338 e. The van der Waals surface area contributed by atoms with E-state index in [4.69, 9.17) is 49.3 Å². The van der Waals surface area contributed by atoms with E-state index in [1.807, 2.05) is 66.7 Å². The number of hydrogen-bond donors (Lipinski definition) is 0. The van der Waals surface area contributed by atoms with Crippen molar-refractivity contribution in [1.29, 1.82) is 0 Å². The van der Waals surface area contributed by atoms with E-state index in [9.17, 15) is 9.59 Å². The van der Waals surface area contributed by atoms with Gasteiger partial charge in [-0.15, -0.1) is 0 Å². The molecule has 0 N–H and O–H groups in total. The molecule has 0 aliphatic carbocycles. The van der Waals surface area contributed by atoms with Crippen LogP contribution in [-0.4, -0.2) is 17.1 Å². The first-order valence-electron chi connectivity index (χ1n) is 14.2. The Hall–Kier alpha value is -2.68. The highest BCUT2D eigenvalue weighted by molar-refractivity contribution is 14.1. The number of thiazole rings is 1. The normalized spacial score (nSPS) is 14.5. The minimum atomic E-state index is -0.804. The first kappa shape index (κ1) is 34.2. The van der Waals surface area contributed by atoms with Gasteiger partial charge in [-0.25, -0.2) is 9.79 Å². The Bertz CT molecular complexity index is 2220. The van der Waals surface area contributed by atoms with Crippen LogP contribution in [0.15, 0.2) is 100 Å². The van der Waals surface area contributed by atoms with E-state index in [0.29, 0.717) is 41.4 Å². The monoisotopic (exact) mass is 926 g/mol. The summed E-state index contributed by atoms with van der Waals surface area (Å²) >= 11 is 24.3. The Balaban J connectivity index is 1.54. The van der Waals surface area contributed by atoms with Crippen LogP contribution in [0.3, 0.4) is 0 Å². The summed E-state index contributed by atoms with van der Waals surface area (Å²) < 4.78 is 15.7. The first-order valence-corrected chi connectivity index (χ1v) is 18.3. The van der Waals surface area contributed by atoms with Gasteiger partial charge in [-0.3, -0.25) is 9.36 Å². The fourth-order valence-corrected chi connectivity index (χ4v) is 8.65. The number of ether oxygens (including phenoxy) is 2. The number of aromatic nitrogens is 1. The number of hydrogen-bond acceptors (Lipinski definition) is 6. The van der Waals surface area contributed by atoms with Gasteiger partial charge in [0.25, 0.3) is 5.56 Å². The Kier molecular flexibility index (Phi) is 10.8. The molecule has 0 spiro atoms. The minimum Gasteiger partial charge on any atom is -0.487 e. The van der Waals surface area contributed by atoms with Gasteiger partial charge in [0, 0.05) is 19.7 Å². The maximum Gasteiger partial charge on any atom is 0.338 e. The zero-order valence-corrected chi connectivity index (χ0v) is 31.9. The fraction of sp³-hybridized carbons (Fsp3) is 0.114. The van der Waals surface area contributed by atoms with E-state index < -0.39 is 12.0 Å². The van der Waals surface area contributed by atoms with Crippen LogP contribution in [0, 0.1) is 7.14 Å². The summed E-state index contributed by atoms with van der Waals surface area (Å²) in [6.07, 6.45) is 1.81. The van der Waals surface area contributed by atoms with Crippen LogP contribution in [0.5, 0.6) is 5.75 Å². The molecule has 0 saturated heterocycles. The summed E-state index contributed by atoms with van der Waals surface area (Å²) in [5.74, 6) is 0.0730. The van der Waals surface area contributed by atoms with E-state index in [1.165, 1.54) is 11.3 Å². The highest BCUT2D eigenvalue weighted by Crippen LogP contribution is 2.36. The van der Waals surface area contributed by atoms with E-state index in [2.05, 4.69) is 45.2 Å². The van der Waals surface area contributed by atoms with Crippen LogP contribution in [0.1, 0.15) is 35.2 Å². The average molecular weight is 928 g/mol. The molecule has 0 unspecified atom stereocenters. The molecule has 0 saturated carbocycles. The number of carbonyl (C=O) groups excluding carboxylic acids is 1. The maximum atomic E-state index is 14.4. The summed E-state index contributed by atoms with van der Waals surface area (Å²) in [6.45, 7) is 2.16. The largest absolute Gasteiger partial charge is 0.487 e. The fourth-order valence-electron chi connectivity index (χ4n) is 5.17. The number of benzene rings is 4. The Labute approximate surface area is 316 Å². The van der Waals surface area contributed by atoms with Gasteiger partial charge in [-0.2, -0.15) is 0 Å². The average Bonchev–Trinajstić information content (AvgIpc) is 3.36. The van der Waals surface area contributed by atoms with Gasteiger partial charge in [0.1, 0.15) is 12.4 Å².